The van der Waals surface area contributed by atoms with Crippen LogP contribution in [0.25, 0.3) is 11.0 Å². The third-order valence-electron chi connectivity index (χ3n) is 3.05. The van der Waals surface area contributed by atoms with E-state index in [0.717, 1.165) is 22.3 Å². The molecule has 96 valence electrons. The van der Waals surface area contributed by atoms with Crippen LogP contribution in [0, 0.1) is 11.7 Å². The molecule has 2 aromatic heterocycles. The maximum absolute atomic E-state index is 5.98. The van der Waals surface area contributed by atoms with Crippen LogP contribution in [0.4, 0.5) is 0 Å². The van der Waals surface area contributed by atoms with Crippen LogP contribution in [0.1, 0.15) is 11.3 Å². The van der Waals surface area contributed by atoms with E-state index >= 15 is 0 Å². The molecule has 0 atom stereocenters. The number of nitrogens with one attached hydrogen (secondary N) is 1. The molecule has 3 rings (SSSR count). The van der Waals surface area contributed by atoms with E-state index in [-0.39, 0.29) is 0 Å². The fourth-order valence-corrected chi connectivity index (χ4v) is 2.51. The normalized spacial score (nSPS) is 11.1. The Bertz CT molecular complexity index is 787. The molecular weight excluding hydrogens is 278 g/mol. The zero-order chi connectivity index (χ0) is 13.4. The lowest BCUT2D eigenvalue weighted by Gasteiger charge is -2.05. The number of pyridine rings is 1. The number of aryl methyl sites for hydroxylation is 1. The van der Waals surface area contributed by atoms with Crippen molar-refractivity contribution in [3.8, 4) is 0 Å². The van der Waals surface area contributed by atoms with Crippen molar-refractivity contribution in [3.05, 3.63) is 57.6 Å². The minimum Gasteiger partial charge on any atom is -0.331 e. The van der Waals surface area contributed by atoms with Gasteiger partial charge < -0.3 is 9.55 Å². The van der Waals surface area contributed by atoms with E-state index in [1.54, 1.807) is 0 Å². The van der Waals surface area contributed by atoms with E-state index in [1.807, 2.05) is 42.0 Å². The van der Waals surface area contributed by atoms with Gasteiger partial charge in [-0.1, -0.05) is 17.7 Å². The molecule has 0 aliphatic carbocycles. The lowest BCUT2D eigenvalue weighted by molar-refractivity contribution is 0.805. The molecule has 0 saturated heterocycles. The van der Waals surface area contributed by atoms with Gasteiger partial charge in [-0.05, 0) is 49.0 Å². The summed E-state index contributed by atoms with van der Waals surface area (Å²) in [7, 11) is 0. The SMILES string of the molecule is Cc1ccc(Cn2c(=S)[nH]c3cc(Cl)ccc32)cn1. The van der Waals surface area contributed by atoms with Gasteiger partial charge in [-0.2, -0.15) is 0 Å². The highest BCUT2D eigenvalue weighted by Crippen LogP contribution is 2.20. The van der Waals surface area contributed by atoms with E-state index in [1.165, 1.54) is 0 Å². The van der Waals surface area contributed by atoms with Crippen molar-refractivity contribution in [1.29, 1.82) is 0 Å². The average molecular weight is 290 g/mol. The fourth-order valence-electron chi connectivity index (χ4n) is 2.07. The highest BCUT2D eigenvalue weighted by atomic mass is 35.5. The first kappa shape index (κ1) is 12.4. The third-order valence-corrected chi connectivity index (χ3v) is 3.61. The van der Waals surface area contributed by atoms with E-state index in [0.29, 0.717) is 16.3 Å². The van der Waals surface area contributed by atoms with Crippen LogP contribution in [0.2, 0.25) is 5.02 Å². The number of halogens is 1. The van der Waals surface area contributed by atoms with Crippen LogP contribution >= 0.6 is 23.8 Å². The molecule has 1 aromatic carbocycles. The number of imidazole rings is 1. The Labute approximate surface area is 120 Å². The minimum absolute atomic E-state index is 0.692. The maximum atomic E-state index is 5.98. The number of aromatic amines is 1. The van der Waals surface area contributed by atoms with Crippen molar-refractivity contribution >= 4 is 34.9 Å². The zero-order valence-corrected chi connectivity index (χ0v) is 11.9. The molecule has 0 fully saturated rings. The third kappa shape index (κ3) is 2.41. The zero-order valence-electron chi connectivity index (χ0n) is 10.4. The average Bonchev–Trinajstić information content (AvgIpc) is 2.68. The second-order valence-electron chi connectivity index (χ2n) is 4.49. The Morgan fingerprint density at radius 1 is 1.32 bits per heavy atom. The van der Waals surface area contributed by atoms with Crippen LogP contribution < -0.4 is 0 Å². The fraction of sp³-hybridized carbons (Fsp3) is 0.143. The van der Waals surface area contributed by atoms with Crippen molar-refractivity contribution in [1.82, 2.24) is 14.5 Å². The van der Waals surface area contributed by atoms with Gasteiger partial charge in [-0.15, -0.1) is 0 Å². The highest BCUT2D eigenvalue weighted by molar-refractivity contribution is 7.71. The summed E-state index contributed by atoms with van der Waals surface area (Å²) in [4.78, 5) is 7.48. The first-order valence-electron chi connectivity index (χ1n) is 5.93. The van der Waals surface area contributed by atoms with Crippen LogP contribution in [-0.2, 0) is 6.54 Å². The molecule has 0 aliphatic heterocycles. The predicted octanol–water partition coefficient (Wildman–Crippen LogP) is 4.10. The van der Waals surface area contributed by atoms with E-state index in [4.69, 9.17) is 23.8 Å². The quantitative estimate of drug-likeness (QED) is 0.721. The molecule has 3 nitrogen and oxygen atoms in total. The summed E-state index contributed by atoms with van der Waals surface area (Å²) in [5, 5.41) is 0.702. The summed E-state index contributed by atoms with van der Waals surface area (Å²) >= 11 is 11.3. The van der Waals surface area contributed by atoms with Gasteiger partial charge in [0.1, 0.15) is 0 Å². The lowest BCUT2D eigenvalue weighted by Crippen LogP contribution is -2.00. The van der Waals surface area contributed by atoms with Crippen LogP contribution in [0.15, 0.2) is 36.5 Å². The largest absolute Gasteiger partial charge is 0.331 e. The number of fused-ring (bicyclic) bond motifs is 1. The van der Waals surface area contributed by atoms with Crippen molar-refractivity contribution in [2.24, 2.45) is 0 Å². The summed E-state index contributed by atoms with van der Waals surface area (Å²) in [6, 6.07) is 9.81. The van der Waals surface area contributed by atoms with Gasteiger partial charge in [-0.3, -0.25) is 4.98 Å². The summed E-state index contributed by atoms with van der Waals surface area (Å²) < 4.78 is 2.74. The van der Waals surface area contributed by atoms with Crippen LogP contribution in [0.5, 0.6) is 0 Å². The lowest BCUT2D eigenvalue weighted by atomic mass is 10.2. The number of benzene rings is 1. The van der Waals surface area contributed by atoms with Crippen molar-refractivity contribution in [2.45, 2.75) is 13.5 Å². The molecule has 1 N–H and O–H groups in total. The highest BCUT2D eigenvalue weighted by Gasteiger charge is 2.05. The van der Waals surface area contributed by atoms with Crippen LogP contribution in [0.3, 0.4) is 0 Å². The van der Waals surface area contributed by atoms with Gasteiger partial charge in [0.2, 0.25) is 0 Å². The Morgan fingerprint density at radius 2 is 2.16 bits per heavy atom. The van der Waals surface area contributed by atoms with Gasteiger partial charge in [-0.25, -0.2) is 0 Å². The number of aromatic nitrogens is 3. The van der Waals surface area contributed by atoms with Crippen molar-refractivity contribution in [2.75, 3.05) is 0 Å². The number of H-pyrrole nitrogens is 1. The molecule has 0 radical (unpaired) electrons. The molecule has 19 heavy (non-hydrogen) atoms. The predicted molar refractivity (Wildman–Crippen MR) is 80.2 cm³/mol. The number of hydrogen-bond donors (Lipinski definition) is 1. The summed E-state index contributed by atoms with van der Waals surface area (Å²) in [6.45, 7) is 2.68. The number of rotatable bonds is 2. The van der Waals surface area contributed by atoms with Gasteiger partial charge in [0.15, 0.2) is 4.77 Å². The molecular formula is C14H12ClN3S. The second-order valence-corrected chi connectivity index (χ2v) is 5.31. The molecule has 0 bridgehead atoms. The Hall–Kier alpha value is -1.65. The van der Waals surface area contributed by atoms with Crippen molar-refractivity contribution < 1.29 is 0 Å². The minimum atomic E-state index is 0.692. The maximum Gasteiger partial charge on any atom is 0.178 e. The first-order valence-corrected chi connectivity index (χ1v) is 6.72. The van der Waals surface area contributed by atoms with E-state index < -0.39 is 0 Å². The van der Waals surface area contributed by atoms with Gasteiger partial charge in [0, 0.05) is 16.9 Å². The van der Waals surface area contributed by atoms with Gasteiger partial charge in [0.05, 0.1) is 17.6 Å². The summed E-state index contributed by atoms with van der Waals surface area (Å²) in [5.41, 5.74) is 4.14. The first-order chi connectivity index (χ1) is 9.13. The van der Waals surface area contributed by atoms with Gasteiger partial charge in [0.25, 0.3) is 0 Å². The summed E-state index contributed by atoms with van der Waals surface area (Å²) in [6.07, 6.45) is 1.88. The Balaban J connectivity index is 2.07. The number of nitrogens with zero attached hydrogens (tertiary/aromatic N) is 2. The second kappa shape index (κ2) is 4.79. The Kier molecular flexibility index (Phi) is 3.12. The molecule has 0 saturated carbocycles. The van der Waals surface area contributed by atoms with E-state index in [2.05, 4.69) is 16.0 Å². The molecule has 3 aromatic rings. The molecule has 0 aliphatic rings. The number of hydrogen-bond acceptors (Lipinski definition) is 2. The molecule has 2 heterocycles. The van der Waals surface area contributed by atoms with Crippen LogP contribution in [-0.4, -0.2) is 14.5 Å². The van der Waals surface area contributed by atoms with Crippen molar-refractivity contribution in [3.63, 3.8) is 0 Å². The smallest absolute Gasteiger partial charge is 0.178 e. The molecule has 0 unspecified atom stereocenters. The standard InChI is InChI=1S/C14H12ClN3S/c1-9-2-3-10(7-16-9)8-18-13-5-4-11(15)6-12(13)17-14(18)19/h2-7H,8H2,1H3,(H,17,19). The van der Waals surface area contributed by atoms with E-state index in [9.17, 15) is 0 Å². The molecule has 5 heteroatoms. The van der Waals surface area contributed by atoms with Gasteiger partial charge >= 0.3 is 0 Å². The Morgan fingerprint density at radius 3 is 2.89 bits per heavy atom. The topological polar surface area (TPSA) is 33.6 Å². The molecule has 0 spiro atoms. The monoisotopic (exact) mass is 289 g/mol. The summed E-state index contributed by atoms with van der Waals surface area (Å²) in [5.74, 6) is 0. The molecule has 0 amide bonds.